The maximum absolute atomic E-state index is 13.1. The minimum atomic E-state index is -0.949. The number of nitrogens with one attached hydrogen (secondary N) is 1. The number of carbonyl (C=O) groups excluding carboxylic acids is 1. The van der Waals surface area contributed by atoms with Crippen LogP contribution in [0.5, 0.6) is 0 Å². The van der Waals surface area contributed by atoms with Crippen LogP contribution in [0.2, 0.25) is 0 Å². The molecule has 1 aromatic rings. The normalized spacial score (nSPS) is 31.6. The van der Waals surface area contributed by atoms with Crippen molar-refractivity contribution >= 4 is 5.91 Å². The lowest BCUT2D eigenvalue weighted by atomic mass is 9.72. The van der Waals surface area contributed by atoms with Crippen LogP contribution in [0.15, 0.2) is 18.2 Å². The minimum Gasteiger partial charge on any atom is -0.376 e. The van der Waals surface area contributed by atoms with Gasteiger partial charge in [-0.15, -0.1) is 0 Å². The van der Waals surface area contributed by atoms with E-state index < -0.39 is 11.6 Å². The van der Waals surface area contributed by atoms with Gasteiger partial charge in [0.25, 0.3) is 0 Å². The first kappa shape index (κ1) is 13.5. The highest BCUT2D eigenvalue weighted by atomic mass is 19.2. The molecule has 1 aliphatic heterocycles. The molecule has 1 heterocycles. The average Bonchev–Trinajstić information content (AvgIpc) is 2.85. The van der Waals surface area contributed by atoms with Gasteiger partial charge in [-0.3, -0.25) is 4.79 Å². The Morgan fingerprint density at radius 1 is 1.40 bits per heavy atom. The third-order valence-corrected chi connectivity index (χ3v) is 4.12. The van der Waals surface area contributed by atoms with Crippen LogP contribution in [0.25, 0.3) is 0 Å². The van der Waals surface area contributed by atoms with Crippen molar-refractivity contribution in [2.24, 2.45) is 11.7 Å². The molecule has 0 bridgehead atoms. The molecule has 1 amide bonds. The largest absolute Gasteiger partial charge is 0.376 e. The van der Waals surface area contributed by atoms with E-state index in [-0.39, 0.29) is 30.5 Å². The summed E-state index contributed by atoms with van der Waals surface area (Å²) in [5, 5.41) is 2.81. The summed E-state index contributed by atoms with van der Waals surface area (Å²) in [6.07, 6.45) is 0.929. The van der Waals surface area contributed by atoms with Gasteiger partial charge in [0.05, 0.1) is 18.6 Å². The predicted octanol–water partition coefficient (Wildman–Crippen LogP) is 0.738. The van der Waals surface area contributed by atoms with Crippen molar-refractivity contribution < 1.29 is 18.3 Å². The van der Waals surface area contributed by atoms with E-state index in [1.165, 1.54) is 6.07 Å². The number of fused-ring (bicyclic) bond motifs is 1. The zero-order chi connectivity index (χ0) is 14.3. The first-order chi connectivity index (χ1) is 9.56. The lowest BCUT2D eigenvalue weighted by Gasteiger charge is -2.45. The second-order valence-electron chi connectivity index (χ2n) is 5.38. The molecule has 2 fully saturated rings. The molecule has 4 unspecified atom stereocenters. The highest BCUT2D eigenvalue weighted by molar-refractivity contribution is 5.79. The first-order valence-electron chi connectivity index (χ1n) is 6.67. The second-order valence-corrected chi connectivity index (χ2v) is 5.38. The maximum atomic E-state index is 13.1. The van der Waals surface area contributed by atoms with Gasteiger partial charge in [-0.2, -0.15) is 0 Å². The van der Waals surface area contributed by atoms with Gasteiger partial charge >= 0.3 is 0 Å². The number of carbonyl (C=O) groups is 1. The SMILES string of the molecule is NC1C2CCOC2C1NC(=O)Cc1ccc(F)c(F)c1. The van der Waals surface area contributed by atoms with E-state index in [4.69, 9.17) is 10.5 Å². The molecule has 1 saturated carbocycles. The predicted molar refractivity (Wildman–Crippen MR) is 67.8 cm³/mol. The Morgan fingerprint density at radius 2 is 2.20 bits per heavy atom. The number of nitrogens with two attached hydrogens (primary N) is 1. The van der Waals surface area contributed by atoms with Gasteiger partial charge in [0.15, 0.2) is 11.6 Å². The monoisotopic (exact) mass is 282 g/mol. The first-order valence-corrected chi connectivity index (χ1v) is 6.67. The number of rotatable bonds is 3. The van der Waals surface area contributed by atoms with Gasteiger partial charge in [-0.25, -0.2) is 8.78 Å². The summed E-state index contributed by atoms with van der Waals surface area (Å²) in [7, 11) is 0. The second kappa shape index (κ2) is 5.10. The summed E-state index contributed by atoms with van der Waals surface area (Å²) in [5.74, 6) is -1.80. The molecule has 108 valence electrons. The Morgan fingerprint density at radius 3 is 2.95 bits per heavy atom. The minimum absolute atomic E-state index is 0.00101. The van der Waals surface area contributed by atoms with Gasteiger partial charge in [0, 0.05) is 18.6 Å². The van der Waals surface area contributed by atoms with Crippen molar-refractivity contribution in [3.8, 4) is 0 Å². The molecule has 0 spiro atoms. The van der Waals surface area contributed by atoms with Crippen molar-refractivity contribution in [3.05, 3.63) is 35.4 Å². The van der Waals surface area contributed by atoms with Crippen LogP contribution in [0, 0.1) is 17.6 Å². The summed E-state index contributed by atoms with van der Waals surface area (Å²) >= 11 is 0. The van der Waals surface area contributed by atoms with E-state index in [9.17, 15) is 13.6 Å². The van der Waals surface area contributed by atoms with Crippen LogP contribution in [0.3, 0.4) is 0 Å². The number of benzene rings is 1. The van der Waals surface area contributed by atoms with E-state index in [1.807, 2.05) is 0 Å². The van der Waals surface area contributed by atoms with Gasteiger partial charge in [0.2, 0.25) is 5.91 Å². The third kappa shape index (κ3) is 2.29. The molecule has 4 atom stereocenters. The van der Waals surface area contributed by atoms with Crippen molar-refractivity contribution in [1.82, 2.24) is 5.32 Å². The summed E-state index contributed by atoms with van der Waals surface area (Å²) < 4.78 is 31.4. The lowest BCUT2D eigenvalue weighted by molar-refractivity contribution is -0.125. The Labute approximate surface area is 115 Å². The van der Waals surface area contributed by atoms with E-state index in [1.54, 1.807) is 0 Å². The third-order valence-electron chi connectivity index (χ3n) is 4.12. The van der Waals surface area contributed by atoms with Gasteiger partial charge in [0.1, 0.15) is 0 Å². The van der Waals surface area contributed by atoms with Crippen LogP contribution in [0.1, 0.15) is 12.0 Å². The number of hydrogen-bond donors (Lipinski definition) is 2. The number of halogens is 2. The van der Waals surface area contributed by atoms with E-state index in [2.05, 4.69) is 5.32 Å². The Balaban J connectivity index is 1.58. The highest BCUT2D eigenvalue weighted by Gasteiger charge is 2.52. The summed E-state index contributed by atoms with van der Waals surface area (Å²) in [6, 6.07) is 3.18. The molecule has 3 rings (SSSR count). The summed E-state index contributed by atoms with van der Waals surface area (Å²) in [5.41, 5.74) is 6.42. The Bertz CT molecular complexity index is 538. The molecule has 6 heteroatoms. The van der Waals surface area contributed by atoms with Crippen LogP contribution >= 0.6 is 0 Å². The van der Waals surface area contributed by atoms with E-state index in [0.29, 0.717) is 18.1 Å². The molecular weight excluding hydrogens is 266 g/mol. The van der Waals surface area contributed by atoms with Gasteiger partial charge in [-0.05, 0) is 24.1 Å². The fraction of sp³-hybridized carbons (Fsp3) is 0.500. The quantitative estimate of drug-likeness (QED) is 0.859. The number of ether oxygens (including phenoxy) is 1. The molecule has 20 heavy (non-hydrogen) atoms. The Kier molecular flexibility index (Phi) is 3.43. The highest BCUT2D eigenvalue weighted by Crippen LogP contribution is 2.37. The van der Waals surface area contributed by atoms with Crippen molar-refractivity contribution in [3.63, 3.8) is 0 Å². The summed E-state index contributed by atoms with van der Waals surface area (Å²) in [4.78, 5) is 11.9. The van der Waals surface area contributed by atoms with Gasteiger partial charge in [-0.1, -0.05) is 6.07 Å². The fourth-order valence-electron chi connectivity index (χ4n) is 3.00. The lowest BCUT2D eigenvalue weighted by Crippen LogP contribution is -2.69. The van der Waals surface area contributed by atoms with Crippen molar-refractivity contribution in [2.45, 2.75) is 31.0 Å². The van der Waals surface area contributed by atoms with Gasteiger partial charge < -0.3 is 15.8 Å². The zero-order valence-corrected chi connectivity index (χ0v) is 10.8. The molecule has 4 nitrogen and oxygen atoms in total. The fourth-order valence-corrected chi connectivity index (χ4v) is 3.00. The average molecular weight is 282 g/mol. The summed E-state index contributed by atoms with van der Waals surface area (Å²) in [6.45, 7) is 0.679. The van der Waals surface area contributed by atoms with E-state index >= 15 is 0 Å². The smallest absolute Gasteiger partial charge is 0.224 e. The molecular formula is C14H16F2N2O2. The standard InChI is InChI=1S/C14H16F2N2O2/c15-9-2-1-7(5-10(9)16)6-11(19)18-13-12(17)8-3-4-20-14(8)13/h1-2,5,8,12-14H,3-4,6,17H2,(H,18,19). The van der Waals surface area contributed by atoms with Crippen molar-refractivity contribution in [2.75, 3.05) is 6.61 Å². The molecule has 1 aromatic carbocycles. The molecule has 1 aliphatic carbocycles. The molecule has 0 radical (unpaired) electrons. The zero-order valence-electron chi connectivity index (χ0n) is 10.8. The van der Waals surface area contributed by atoms with Crippen LogP contribution in [-0.4, -0.2) is 30.7 Å². The van der Waals surface area contributed by atoms with Crippen LogP contribution in [0.4, 0.5) is 8.78 Å². The van der Waals surface area contributed by atoms with Crippen LogP contribution < -0.4 is 11.1 Å². The number of hydrogen-bond acceptors (Lipinski definition) is 3. The molecule has 2 aliphatic rings. The van der Waals surface area contributed by atoms with Crippen molar-refractivity contribution in [1.29, 1.82) is 0 Å². The van der Waals surface area contributed by atoms with E-state index in [0.717, 1.165) is 18.6 Å². The molecule has 0 aromatic heterocycles. The van der Waals surface area contributed by atoms with Crippen LogP contribution in [-0.2, 0) is 16.0 Å². The molecule has 3 N–H and O–H groups in total. The number of amides is 1. The Hall–Kier alpha value is -1.53. The molecule has 1 saturated heterocycles. The maximum Gasteiger partial charge on any atom is 0.224 e. The topological polar surface area (TPSA) is 64.3 Å².